The van der Waals surface area contributed by atoms with Crippen molar-refractivity contribution in [3.63, 3.8) is 0 Å². The third kappa shape index (κ3) is 3.46. The SMILES string of the molecule is N#CC(Nc1ccc(F)cc1)c1ccc(Br)cc1Cl. The Morgan fingerprint density at radius 2 is 1.89 bits per heavy atom. The number of rotatable bonds is 3. The molecule has 0 fully saturated rings. The monoisotopic (exact) mass is 338 g/mol. The second-order valence-corrected chi connectivity index (χ2v) is 5.20. The Morgan fingerprint density at radius 1 is 1.21 bits per heavy atom. The number of nitriles is 1. The Hall–Kier alpha value is -1.57. The molecule has 0 aromatic heterocycles. The normalized spacial score (nSPS) is 11.7. The van der Waals surface area contributed by atoms with Crippen LogP contribution in [0.4, 0.5) is 10.1 Å². The Bertz CT molecular complexity index is 622. The highest BCUT2D eigenvalue weighted by atomic mass is 79.9. The van der Waals surface area contributed by atoms with Crippen LogP contribution in [0.1, 0.15) is 11.6 Å². The van der Waals surface area contributed by atoms with Crippen LogP contribution >= 0.6 is 27.5 Å². The van der Waals surface area contributed by atoms with Gasteiger partial charge in [-0.2, -0.15) is 5.26 Å². The lowest BCUT2D eigenvalue weighted by Crippen LogP contribution is -2.09. The molecule has 0 heterocycles. The first-order chi connectivity index (χ1) is 9.10. The maximum absolute atomic E-state index is 12.8. The summed E-state index contributed by atoms with van der Waals surface area (Å²) in [6.45, 7) is 0. The van der Waals surface area contributed by atoms with Crippen LogP contribution < -0.4 is 5.32 Å². The second kappa shape index (κ2) is 6.05. The third-order valence-electron chi connectivity index (χ3n) is 2.56. The Kier molecular flexibility index (Phi) is 4.41. The Labute approximate surface area is 123 Å². The quantitative estimate of drug-likeness (QED) is 0.861. The molecule has 0 saturated heterocycles. The average Bonchev–Trinajstić information content (AvgIpc) is 2.39. The third-order valence-corrected chi connectivity index (χ3v) is 3.38. The van der Waals surface area contributed by atoms with Gasteiger partial charge in [0.2, 0.25) is 0 Å². The lowest BCUT2D eigenvalue weighted by atomic mass is 10.1. The lowest BCUT2D eigenvalue weighted by Gasteiger charge is -2.14. The summed E-state index contributed by atoms with van der Waals surface area (Å²) in [6, 6.07) is 12.7. The summed E-state index contributed by atoms with van der Waals surface area (Å²) in [7, 11) is 0. The summed E-state index contributed by atoms with van der Waals surface area (Å²) in [5.74, 6) is -0.319. The van der Waals surface area contributed by atoms with E-state index in [1.54, 1.807) is 24.3 Å². The van der Waals surface area contributed by atoms with Crippen LogP contribution in [0.3, 0.4) is 0 Å². The van der Waals surface area contributed by atoms with Gasteiger partial charge >= 0.3 is 0 Å². The minimum Gasteiger partial charge on any atom is -0.366 e. The van der Waals surface area contributed by atoms with Crippen molar-refractivity contribution in [2.24, 2.45) is 0 Å². The summed E-state index contributed by atoms with van der Waals surface area (Å²) >= 11 is 9.43. The van der Waals surface area contributed by atoms with Gasteiger partial charge in [-0.15, -0.1) is 0 Å². The van der Waals surface area contributed by atoms with E-state index in [0.29, 0.717) is 16.3 Å². The maximum atomic E-state index is 12.8. The summed E-state index contributed by atoms with van der Waals surface area (Å²) in [4.78, 5) is 0. The van der Waals surface area contributed by atoms with Gasteiger partial charge in [0.15, 0.2) is 0 Å². The predicted octanol–water partition coefficient (Wildman–Crippen LogP) is 4.92. The van der Waals surface area contributed by atoms with Crippen LogP contribution in [-0.2, 0) is 0 Å². The molecule has 2 rings (SSSR count). The maximum Gasteiger partial charge on any atom is 0.141 e. The fraction of sp³-hybridized carbons (Fsp3) is 0.0714. The van der Waals surface area contributed by atoms with E-state index in [4.69, 9.17) is 11.6 Å². The number of benzene rings is 2. The van der Waals surface area contributed by atoms with E-state index in [9.17, 15) is 9.65 Å². The van der Waals surface area contributed by atoms with E-state index in [1.807, 2.05) is 6.07 Å². The number of halogens is 3. The highest BCUT2D eigenvalue weighted by molar-refractivity contribution is 9.10. The topological polar surface area (TPSA) is 35.8 Å². The largest absolute Gasteiger partial charge is 0.366 e. The van der Waals surface area contributed by atoms with E-state index in [1.165, 1.54) is 12.1 Å². The van der Waals surface area contributed by atoms with Crippen molar-refractivity contribution in [2.45, 2.75) is 6.04 Å². The van der Waals surface area contributed by atoms with Gasteiger partial charge in [-0.3, -0.25) is 0 Å². The van der Waals surface area contributed by atoms with Gasteiger partial charge in [0.1, 0.15) is 11.9 Å². The Balaban J connectivity index is 2.25. The van der Waals surface area contributed by atoms with Gasteiger partial charge in [-0.25, -0.2) is 4.39 Å². The smallest absolute Gasteiger partial charge is 0.141 e. The minimum absolute atomic E-state index is 0.319. The molecule has 5 heteroatoms. The molecule has 0 amide bonds. The summed E-state index contributed by atoms with van der Waals surface area (Å²) in [5.41, 5.74) is 1.34. The van der Waals surface area contributed by atoms with Gasteiger partial charge in [0.05, 0.1) is 6.07 Å². The zero-order valence-corrected chi connectivity index (χ0v) is 12.0. The molecule has 1 unspecified atom stereocenters. The number of hydrogen-bond acceptors (Lipinski definition) is 2. The molecular weight excluding hydrogens is 331 g/mol. The molecule has 96 valence electrons. The van der Waals surface area contributed by atoms with Gasteiger partial charge < -0.3 is 5.32 Å². The molecule has 1 atom stereocenters. The number of anilines is 1. The second-order valence-electron chi connectivity index (χ2n) is 3.88. The van der Waals surface area contributed by atoms with Crippen LogP contribution in [0.2, 0.25) is 5.02 Å². The van der Waals surface area contributed by atoms with Crippen molar-refractivity contribution in [2.75, 3.05) is 5.32 Å². The molecule has 0 saturated carbocycles. The first kappa shape index (κ1) is 13.9. The van der Waals surface area contributed by atoms with Crippen molar-refractivity contribution < 1.29 is 4.39 Å². The molecule has 0 aliphatic heterocycles. The van der Waals surface area contributed by atoms with Crippen molar-refractivity contribution in [3.05, 3.63) is 63.3 Å². The van der Waals surface area contributed by atoms with Gasteiger partial charge in [0, 0.05) is 20.7 Å². The van der Waals surface area contributed by atoms with Crippen molar-refractivity contribution in [1.29, 1.82) is 5.26 Å². The van der Waals surface area contributed by atoms with Crippen LogP contribution in [0.25, 0.3) is 0 Å². The molecule has 19 heavy (non-hydrogen) atoms. The molecular formula is C14H9BrClFN2. The lowest BCUT2D eigenvalue weighted by molar-refractivity contribution is 0.628. The van der Waals surface area contributed by atoms with Crippen molar-refractivity contribution in [1.82, 2.24) is 0 Å². The van der Waals surface area contributed by atoms with Crippen molar-refractivity contribution in [3.8, 4) is 6.07 Å². The molecule has 2 nitrogen and oxygen atoms in total. The molecule has 2 aromatic carbocycles. The number of nitrogens with zero attached hydrogens (tertiary/aromatic N) is 1. The molecule has 2 aromatic rings. The van der Waals surface area contributed by atoms with E-state index in [-0.39, 0.29) is 5.82 Å². The van der Waals surface area contributed by atoms with Gasteiger partial charge in [-0.1, -0.05) is 33.6 Å². The first-order valence-electron chi connectivity index (χ1n) is 5.47. The fourth-order valence-electron chi connectivity index (χ4n) is 1.63. The average molecular weight is 340 g/mol. The van der Waals surface area contributed by atoms with Crippen LogP contribution in [0.5, 0.6) is 0 Å². The molecule has 0 spiro atoms. The van der Waals surface area contributed by atoms with Crippen LogP contribution in [0.15, 0.2) is 46.9 Å². The molecule has 1 N–H and O–H groups in total. The Morgan fingerprint density at radius 3 is 2.47 bits per heavy atom. The number of hydrogen-bond donors (Lipinski definition) is 1. The zero-order chi connectivity index (χ0) is 13.8. The van der Waals surface area contributed by atoms with Crippen LogP contribution in [-0.4, -0.2) is 0 Å². The van der Waals surface area contributed by atoms with Crippen LogP contribution in [0, 0.1) is 17.1 Å². The highest BCUT2D eigenvalue weighted by Crippen LogP contribution is 2.28. The van der Waals surface area contributed by atoms with E-state index >= 15 is 0 Å². The first-order valence-corrected chi connectivity index (χ1v) is 6.64. The molecule has 0 bridgehead atoms. The molecule has 0 radical (unpaired) electrons. The summed E-state index contributed by atoms with van der Waals surface area (Å²) < 4.78 is 13.7. The number of nitrogens with one attached hydrogen (secondary N) is 1. The van der Waals surface area contributed by atoms with E-state index in [2.05, 4.69) is 27.3 Å². The fourth-order valence-corrected chi connectivity index (χ4v) is 2.41. The van der Waals surface area contributed by atoms with Crippen molar-refractivity contribution >= 4 is 33.2 Å². The summed E-state index contributed by atoms with van der Waals surface area (Å²) in [6.07, 6.45) is 0. The van der Waals surface area contributed by atoms with E-state index < -0.39 is 6.04 Å². The molecule has 0 aliphatic carbocycles. The standard InChI is InChI=1S/C14H9BrClFN2/c15-9-1-6-12(13(16)7-9)14(8-18)19-11-4-2-10(17)3-5-11/h1-7,14,19H. The predicted molar refractivity (Wildman–Crippen MR) is 77.5 cm³/mol. The highest BCUT2D eigenvalue weighted by Gasteiger charge is 2.14. The van der Waals surface area contributed by atoms with Gasteiger partial charge in [0.25, 0.3) is 0 Å². The summed E-state index contributed by atoms with van der Waals surface area (Å²) in [5, 5.41) is 12.7. The van der Waals surface area contributed by atoms with E-state index in [0.717, 1.165) is 4.47 Å². The van der Waals surface area contributed by atoms with Gasteiger partial charge in [-0.05, 0) is 36.4 Å². The zero-order valence-electron chi connectivity index (χ0n) is 9.70. The minimum atomic E-state index is -0.592. The molecule has 0 aliphatic rings.